The summed E-state index contributed by atoms with van der Waals surface area (Å²) in [6.07, 6.45) is 2.92. The molecule has 0 radical (unpaired) electrons. The van der Waals surface area contributed by atoms with Crippen molar-refractivity contribution in [2.45, 2.75) is 40.2 Å². The predicted octanol–water partition coefficient (Wildman–Crippen LogP) is 3.59. The molecule has 0 spiro atoms. The first-order valence-electron chi connectivity index (χ1n) is 6.29. The van der Waals surface area contributed by atoms with Crippen molar-refractivity contribution in [1.82, 2.24) is 5.32 Å². The molecule has 0 bridgehead atoms. The van der Waals surface area contributed by atoms with Crippen LogP contribution in [0.2, 0.25) is 0 Å². The number of hydrogen-bond donors (Lipinski definition) is 1. The van der Waals surface area contributed by atoms with Crippen LogP contribution in [-0.2, 0) is 6.42 Å². The molecule has 0 saturated carbocycles. The Morgan fingerprint density at radius 2 is 2.00 bits per heavy atom. The summed E-state index contributed by atoms with van der Waals surface area (Å²) < 4.78 is 5.69. The number of aryl methyl sites for hydroxylation is 2. The third-order valence-electron chi connectivity index (χ3n) is 3.29. The number of hydrogen-bond acceptors (Lipinski definition) is 2. The Labute approximate surface area is 103 Å². The first kappa shape index (κ1) is 12.2. The lowest BCUT2D eigenvalue weighted by molar-refractivity contribution is 0.580. The molecule has 17 heavy (non-hydrogen) atoms. The fraction of sp³-hybridized carbons (Fsp3) is 0.467. The third-order valence-corrected chi connectivity index (χ3v) is 3.29. The molecule has 0 aliphatic heterocycles. The van der Waals surface area contributed by atoms with Crippen molar-refractivity contribution in [2.75, 3.05) is 6.54 Å². The first-order chi connectivity index (χ1) is 8.09. The minimum absolute atomic E-state index is 0.539. The maximum Gasteiger partial charge on any atom is 0.137 e. The summed E-state index contributed by atoms with van der Waals surface area (Å²) in [5.74, 6) is 0. The van der Waals surface area contributed by atoms with Crippen LogP contribution in [0.15, 0.2) is 22.8 Å². The molecule has 0 saturated heterocycles. The van der Waals surface area contributed by atoms with Crippen molar-refractivity contribution in [1.29, 1.82) is 0 Å². The zero-order valence-corrected chi connectivity index (χ0v) is 11.1. The molecule has 0 unspecified atom stereocenters. The van der Waals surface area contributed by atoms with Gasteiger partial charge in [0.1, 0.15) is 5.58 Å². The maximum atomic E-state index is 5.69. The van der Waals surface area contributed by atoms with Crippen LogP contribution in [-0.4, -0.2) is 12.6 Å². The van der Waals surface area contributed by atoms with Crippen molar-refractivity contribution >= 4 is 11.0 Å². The van der Waals surface area contributed by atoms with Gasteiger partial charge in [0.2, 0.25) is 0 Å². The van der Waals surface area contributed by atoms with Gasteiger partial charge in [-0.25, -0.2) is 0 Å². The van der Waals surface area contributed by atoms with E-state index in [2.05, 4.69) is 45.1 Å². The van der Waals surface area contributed by atoms with Crippen LogP contribution in [0.5, 0.6) is 0 Å². The van der Waals surface area contributed by atoms with Gasteiger partial charge in [0.25, 0.3) is 0 Å². The molecule has 2 rings (SSSR count). The topological polar surface area (TPSA) is 25.2 Å². The van der Waals surface area contributed by atoms with Gasteiger partial charge in [-0.15, -0.1) is 0 Å². The summed E-state index contributed by atoms with van der Waals surface area (Å²) in [4.78, 5) is 0. The highest BCUT2D eigenvalue weighted by Crippen LogP contribution is 2.26. The molecule has 0 atom stereocenters. The summed E-state index contributed by atoms with van der Waals surface area (Å²) in [5.41, 5.74) is 4.89. The molecule has 1 heterocycles. The fourth-order valence-corrected chi connectivity index (χ4v) is 2.08. The van der Waals surface area contributed by atoms with E-state index in [-0.39, 0.29) is 0 Å². The molecule has 0 fully saturated rings. The summed E-state index contributed by atoms with van der Waals surface area (Å²) in [6, 6.07) is 4.88. The van der Waals surface area contributed by atoms with E-state index in [0.29, 0.717) is 6.04 Å². The predicted molar refractivity (Wildman–Crippen MR) is 72.5 cm³/mol. The number of furan rings is 1. The lowest BCUT2D eigenvalue weighted by atomic mass is 10.0. The third kappa shape index (κ3) is 2.52. The van der Waals surface area contributed by atoms with Crippen LogP contribution in [0.25, 0.3) is 11.0 Å². The van der Waals surface area contributed by atoms with E-state index in [1.807, 2.05) is 6.26 Å². The van der Waals surface area contributed by atoms with Gasteiger partial charge < -0.3 is 9.73 Å². The molecule has 1 aromatic carbocycles. The maximum absolute atomic E-state index is 5.69. The summed E-state index contributed by atoms with van der Waals surface area (Å²) in [6.45, 7) is 9.58. The van der Waals surface area contributed by atoms with Gasteiger partial charge in [-0.05, 0) is 43.5 Å². The van der Waals surface area contributed by atoms with E-state index in [4.69, 9.17) is 4.42 Å². The Morgan fingerprint density at radius 3 is 2.71 bits per heavy atom. The second-order valence-electron chi connectivity index (χ2n) is 5.00. The highest BCUT2D eigenvalue weighted by molar-refractivity contribution is 5.84. The largest absolute Gasteiger partial charge is 0.464 e. The van der Waals surface area contributed by atoms with Gasteiger partial charge in [0, 0.05) is 11.4 Å². The zero-order valence-electron chi connectivity index (χ0n) is 11.1. The summed E-state index contributed by atoms with van der Waals surface area (Å²) >= 11 is 0. The second-order valence-corrected chi connectivity index (χ2v) is 5.00. The highest BCUT2D eigenvalue weighted by Gasteiger charge is 2.09. The lowest BCUT2D eigenvalue weighted by Gasteiger charge is -2.06. The second kappa shape index (κ2) is 4.92. The van der Waals surface area contributed by atoms with Gasteiger partial charge in [-0.3, -0.25) is 0 Å². The highest BCUT2D eigenvalue weighted by atomic mass is 16.3. The van der Waals surface area contributed by atoms with Gasteiger partial charge in [0.15, 0.2) is 0 Å². The van der Waals surface area contributed by atoms with E-state index in [1.165, 1.54) is 22.1 Å². The Bertz CT molecular complexity index is 511. The molecular formula is C15H21NO. The van der Waals surface area contributed by atoms with Gasteiger partial charge >= 0.3 is 0 Å². The van der Waals surface area contributed by atoms with Crippen LogP contribution in [0, 0.1) is 13.8 Å². The smallest absolute Gasteiger partial charge is 0.137 e. The Kier molecular flexibility index (Phi) is 3.53. The van der Waals surface area contributed by atoms with Crippen molar-refractivity contribution in [3.8, 4) is 0 Å². The average molecular weight is 231 g/mol. The van der Waals surface area contributed by atoms with Gasteiger partial charge in [0.05, 0.1) is 6.26 Å². The van der Waals surface area contributed by atoms with E-state index in [1.54, 1.807) is 0 Å². The minimum atomic E-state index is 0.539. The Morgan fingerprint density at radius 1 is 1.24 bits per heavy atom. The van der Waals surface area contributed by atoms with Crippen molar-refractivity contribution in [2.24, 2.45) is 0 Å². The van der Waals surface area contributed by atoms with Crippen LogP contribution in [0.4, 0.5) is 0 Å². The first-order valence-corrected chi connectivity index (χ1v) is 6.29. The molecule has 1 N–H and O–H groups in total. The Hall–Kier alpha value is -1.28. The molecule has 1 aromatic heterocycles. The number of nitrogens with one attached hydrogen (secondary N) is 1. The average Bonchev–Trinajstić information content (AvgIpc) is 2.67. The van der Waals surface area contributed by atoms with E-state index in [9.17, 15) is 0 Å². The standard InChI is InChI=1S/C15H21NO/c1-10(2)16-8-7-13-9-17-15-12(4)11(3)5-6-14(13)15/h5-6,9-10,16H,7-8H2,1-4H3. The quantitative estimate of drug-likeness (QED) is 0.870. The minimum Gasteiger partial charge on any atom is -0.464 e. The van der Waals surface area contributed by atoms with Gasteiger partial charge in [-0.2, -0.15) is 0 Å². The van der Waals surface area contributed by atoms with Gasteiger partial charge in [-0.1, -0.05) is 26.0 Å². The lowest BCUT2D eigenvalue weighted by Crippen LogP contribution is -2.24. The number of fused-ring (bicyclic) bond motifs is 1. The molecule has 2 heteroatoms. The molecule has 0 amide bonds. The SMILES string of the molecule is Cc1ccc2c(CCNC(C)C)coc2c1C. The van der Waals surface area contributed by atoms with E-state index < -0.39 is 0 Å². The fourth-order valence-electron chi connectivity index (χ4n) is 2.08. The normalized spacial score (nSPS) is 11.6. The van der Waals surface area contributed by atoms with Crippen molar-refractivity contribution in [3.05, 3.63) is 35.1 Å². The zero-order chi connectivity index (χ0) is 12.4. The molecule has 0 aliphatic rings. The Balaban J connectivity index is 2.22. The molecule has 92 valence electrons. The van der Waals surface area contributed by atoms with Crippen LogP contribution in [0.3, 0.4) is 0 Å². The molecule has 2 aromatic rings. The van der Waals surface area contributed by atoms with Crippen molar-refractivity contribution < 1.29 is 4.42 Å². The van der Waals surface area contributed by atoms with Crippen LogP contribution >= 0.6 is 0 Å². The number of rotatable bonds is 4. The monoisotopic (exact) mass is 231 g/mol. The van der Waals surface area contributed by atoms with Crippen LogP contribution < -0.4 is 5.32 Å². The molecule has 2 nitrogen and oxygen atoms in total. The summed E-state index contributed by atoms with van der Waals surface area (Å²) in [5, 5.41) is 4.70. The van der Waals surface area contributed by atoms with E-state index >= 15 is 0 Å². The van der Waals surface area contributed by atoms with E-state index in [0.717, 1.165) is 18.5 Å². The molecule has 0 aliphatic carbocycles. The van der Waals surface area contributed by atoms with Crippen molar-refractivity contribution in [3.63, 3.8) is 0 Å². The number of benzene rings is 1. The summed E-state index contributed by atoms with van der Waals surface area (Å²) in [7, 11) is 0. The van der Waals surface area contributed by atoms with Crippen LogP contribution in [0.1, 0.15) is 30.5 Å². The molecular weight excluding hydrogens is 210 g/mol.